The molecule has 0 aliphatic rings. The van der Waals surface area contributed by atoms with Gasteiger partial charge in [0.15, 0.2) is 0 Å². The average molecular weight is 284 g/mol. The van der Waals surface area contributed by atoms with Crippen molar-refractivity contribution in [2.24, 2.45) is 0 Å². The lowest BCUT2D eigenvalue weighted by Gasteiger charge is -1.99. The van der Waals surface area contributed by atoms with Gasteiger partial charge in [0.2, 0.25) is 0 Å². The van der Waals surface area contributed by atoms with Crippen LogP contribution in [0.3, 0.4) is 0 Å². The van der Waals surface area contributed by atoms with Crippen molar-refractivity contribution in [1.82, 2.24) is 0 Å². The third-order valence-corrected chi connectivity index (χ3v) is 1.80. The van der Waals surface area contributed by atoms with Crippen molar-refractivity contribution in [3.63, 3.8) is 0 Å². The minimum atomic E-state index is -0.412. The van der Waals surface area contributed by atoms with E-state index in [1.807, 2.05) is 6.92 Å². The Hall–Kier alpha value is -0.130. The number of hydrogen-bond donors (Lipinski definition) is 0. The summed E-state index contributed by atoms with van der Waals surface area (Å²) in [6, 6.07) is 0. The van der Waals surface area contributed by atoms with Gasteiger partial charge >= 0.3 is 11.9 Å². The molecule has 0 saturated carbocycles. The van der Waals surface area contributed by atoms with E-state index in [1.54, 1.807) is 0 Å². The molecule has 0 N–H and O–H groups in total. The van der Waals surface area contributed by atoms with Crippen LogP contribution in [0.15, 0.2) is 0 Å². The molecule has 0 radical (unpaired) electrons. The third-order valence-electron chi connectivity index (χ3n) is 1.26. The normalized spacial score (nSPS) is 9.50. The third kappa shape index (κ3) is 6.57. The molecule has 0 atom stereocenters. The smallest absolute Gasteiger partial charge is 0.314 e. The zero-order chi connectivity index (χ0) is 9.40. The van der Waals surface area contributed by atoms with E-state index >= 15 is 0 Å². The first kappa shape index (κ1) is 11.9. The molecule has 0 saturated heterocycles. The number of carbonyl (C=O) groups excluding carboxylic acids is 2. The van der Waals surface area contributed by atoms with Gasteiger partial charge in [-0.15, -0.1) is 0 Å². The maximum Gasteiger partial charge on any atom is 0.314 e. The zero-order valence-corrected chi connectivity index (χ0v) is 9.30. The largest absolute Gasteiger partial charge is 0.393 e. The number of esters is 2. The van der Waals surface area contributed by atoms with Crippen LogP contribution in [0.5, 0.6) is 0 Å². The molecule has 0 bridgehead atoms. The second-order valence-corrected chi connectivity index (χ2v) is 3.47. The Labute approximate surface area is 86.0 Å². The topological polar surface area (TPSA) is 43.4 Å². The fourth-order valence-corrected chi connectivity index (χ4v) is 1.07. The van der Waals surface area contributed by atoms with Gasteiger partial charge in [-0.25, -0.2) is 0 Å². The molecule has 0 heterocycles. The first-order valence-corrected chi connectivity index (χ1v) is 5.52. The summed E-state index contributed by atoms with van der Waals surface area (Å²) in [5.41, 5.74) is 0. The number of halogens is 1. The molecule has 0 fully saturated rings. The van der Waals surface area contributed by atoms with Crippen molar-refractivity contribution in [2.45, 2.75) is 32.6 Å². The van der Waals surface area contributed by atoms with Crippen LogP contribution in [0.1, 0.15) is 32.6 Å². The lowest BCUT2D eigenvalue weighted by Crippen LogP contribution is -2.11. The molecule has 70 valence electrons. The summed E-state index contributed by atoms with van der Waals surface area (Å²) in [5.74, 6) is -0.808. The molecule has 0 aliphatic carbocycles. The van der Waals surface area contributed by atoms with Gasteiger partial charge in [-0.3, -0.25) is 9.59 Å². The number of carbonyl (C=O) groups is 2. The highest BCUT2D eigenvalue weighted by Crippen LogP contribution is 1.99. The van der Waals surface area contributed by atoms with Crippen molar-refractivity contribution in [3.05, 3.63) is 0 Å². The lowest BCUT2D eigenvalue weighted by molar-refractivity contribution is -0.159. The molecule has 0 rings (SSSR count). The predicted molar refractivity (Wildman–Crippen MR) is 54.1 cm³/mol. The van der Waals surface area contributed by atoms with Gasteiger partial charge in [-0.05, 0) is 6.42 Å². The highest BCUT2D eigenvalue weighted by atomic mass is 127. The number of rotatable bonds is 5. The second kappa shape index (κ2) is 7.52. The van der Waals surface area contributed by atoms with Crippen LogP contribution < -0.4 is 0 Å². The molecule has 0 unspecified atom stereocenters. The van der Waals surface area contributed by atoms with Gasteiger partial charge in [0.25, 0.3) is 0 Å². The van der Waals surface area contributed by atoms with Gasteiger partial charge in [0.05, 0.1) is 6.42 Å². The lowest BCUT2D eigenvalue weighted by atomic mass is 10.2. The first-order chi connectivity index (χ1) is 5.70. The Kier molecular flexibility index (Phi) is 7.43. The average Bonchev–Trinajstić information content (AvgIpc) is 2.01. The Morgan fingerprint density at radius 3 is 2.33 bits per heavy atom. The molecule has 0 aromatic carbocycles. The number of alkyl halides is 1. The first-order valence-electron chi connectivity index (χ1n) is 4.00. The van der Waals surface area contributed by atoms with Crippen LogP contribution in [0.4, 0.5) is 0 Å². The maximum absolute atomic E-state index is 10.8. The van der Waals surface area contributed by atoms with Crippen molar-refractivity contribution in [1.29, 1.82) is 0 Å². The number of unbranched alkanes of at least 4 members (excludes halogenated alkanes) is 1. The highest BCUT2D eigenvalue weighted by Gasteiger charge is 2.08. The van der Waals surface area contributed by atoms with Crippen molar-refractivity contribution >= 4 is 34.5 Å². The summed E-state index contributed by atoms with van der Waals surface area (Å²) in [6.07, 6.45) is 2.40. The van der Waals surface area contributed by atoms with Crippen LogP contribution in [0.2, 0.25) is 0 Å². The van der Waals surface area contributed by atoms with Crippen LogP contribution in [-0.4, -0.2) is 16.4 Å². The van der Waals surface area contributed by atoms with Crippen LogP contribution >= 0.6 is 22.6 Å². The van der Waals surface area contributed by atoms with Crippen molar-refractivity contribution in [3.8, 4) is 0 Å². The number of ether oxygens (including phenoxy) is 1. The Morgan fingerprint density at radius 2 is 1.83 bits per heavy atom. The molecule has 0 amide bonds. The SMILES string of the molecule is CCCCC(=O)OC(=O)CCI. The van der Waals surface area contributed by atoms with E-state index < -0.39 is 11.9 Å². The summed E-state index contributed by atoms with van der Waals surface area (Å²) < 4.78 is 5.20. The Morgan fingerprint density at radius 1 is 1.25 bits per heavy atom. The standard InChI is InChI=1S/C8H13IO3/c1-2-3-4-7(10)12-8(11)5-6-9/h2-6H2,1H3. The summed E-state index contributed by atoms with van der Waals surface area (Å²) in [7, 11) is 0. The van der Waals surface area contributed by atoms with Gasteiger partial charge in [0.1, 0.15) is 0 Å². The van der Waals surface area contributed by atoms with Gasteiger partial charge in [0, 0.05) is 10.8 Å². The van der Waals surface area contributed by atoms with E-state index in [1.165, 1.54) is 0 Å². The van der Waals surface area contributed by atoms with Crippen molar-refractivity contribution < 1.29 is 14.3 Å². The summed E-state index contributed by atoms with van der Waals surface area (Å²) in [4.78, 5) is 21.6. The zero-order valence-electron chi connectivity index (χ0n) is 7.14. The molecule has 3 nitrogen and oxygen atoms in total. The maximum atomic E-state index is 10.8. The summed E-state index contributed by atoms with van der Waals surface area (Å²) in [6.45, 7) is 1.99. The molecule has 0 spiro atoms. The summed E-state index contributed by atoms with van der Waals surface area (Å²) in [5, 5.41) is 0. The fraction of sp³-hybridized carbons (Fsp3) is 0.750. The molecule has 0 aromatic rings. The minimum absolute atomic E-state index is 0.318. The van der Waals surface area contributed by atoms with Crippen LogP contribution in [0.25, 0.3) is 0 Å². The van der Waals surface area contributed by atoms with Gasteiger partial charge < -0.3 is 4.74 Å². The van der Waals surface area contributed by atoms with E-state index in [0.29, 0.717) is 17.3 Å². The Bertz CT molecular complexity index is 156. The van der Waals surface area contributed by atoms with E-state index in [4.69, 9.17) is 0 Å². The molecule has 0 aromatic heterocycles. The van der Waals surface area contributed by atoms with Gasteiger partial charge in [-0.2, -0.15) is 0 Å². The van der Waals surface area contributed by atoms with Crippen molar-refractivity contribution in [2.75, 3.05) is 4.43 Å². The molecular weight excluding hydrogens is 271 g/mol. The molecule has 4 heteroatoms. The van der Waals surface area contributed by atoms with E-state index in [0.717, 1.165) is 12.8 Å². The van der Waals surface area contributed by atoms with E-state index in [-0.39, 0.29) is 0 Å². The summed E-state index contributed by atoms with van der Waals surface area (Å²) >= 11 is 2.07. The quantitative estimate of drug-likeness (QED) is 0.336. The fourth-order valence-electron chi connectivity index (χ4n) is 0.627. The molecular formula is C8H13IO3. The minimum Gasteiger partial charge on any atom is -0.393 e. The monoisotopic (exact) mass is 284 g/mol. The molecule has 0 aliphatic heterocycles. The van der Waals surface area contributed by atoms with Crippen LogP contribution in [-0.2, 0) is 14.3 Å². The van der Waals surface area contributed by atoms with Crippen LogP contribution in [0, 0.1) is 0 Å². The molecule has 12 heavy (non-hydrogen) atoms. The number of hydrogen-bond acceptors (Lipinski definition) is 3. The van der Waals surface area contributed by atoms with Gasteiger partial charge in [-0.1, -0.05) is 35.9 Å². The van der Waals surface area contributed by atoms with E-state index in [2.05, 4.69) is 27.3 Å². The second-order valence-electron chi connectivity index (χ2n) is 2.39. The van der Waals surface area contributed by atoms with E-state index in [9.17, 15) is 9.59 Å². The highest BCUT2D eigenvalue weighted by molar-refractivity contribution is 14.1. The predicted octanol–water partition coefficient (Wildman–Crippen LogP) is 2.07. The Balaban J connectivity index is 3.47.